The number of fused-ring (bicyclic) bond motifs is 1. The van der Waals surface area contributed by atoms with Crippen molar-refractivity contribution in [2.45, 2.75) is 12.8 Å². The van der Waals surface area contributed by atoms with Crippen molar-refractivity contribution in [2.24, 2.45) is 11.8 Å². The number of rotatable bonds is 2. The number of nitrogens with zero attached hydrogens (tertiary/aromatic N) is 1. The highest BCUT2D eigenvalue weighted by molar-refractivity contribution is 6.31. The van der Waals surface area contributed by atoms with Gasteiger partial charge in [0.15, 0.2) is 0 Å². The molecule has 0 aliphatic carbocycles. The van der Waals surface area contributed by atoms with Crippen molar-refractivity contribution in [3.8, 4) is 0 Å². The van der Waals surface area contributed by atoms with Crippen LogP contribution in [0.3, 0.4) is 0 Å². The third-order valence-corrected chi connectivity index (χ3v) is 4.80. The fourth-order valence-corrected chi connectivity index (χ4v) is 3.46. The predicted octanol–water partition coefficient (Wildman–Crippen LogP) is 2.09. The zero-order valence-electron chi connectivity index (χ0n) is 11.2. The van der Waals surface area contributed by atoms with Crippen LogP contribution in [0.5, 0.6) is 0 Å². The van der Waals surface area contributed by atoms with E-state index in [2.05, 4.69) is 5.32 Å². The summed E-state index contributed by atoms with van der Waals surface area (Å²) in [6.45, 7) is 3.59. The molecule has 2 heterocycles. The maximum Gasteiger partial charge on any atom is 0.227 e. The van der Waals surface area contributed by atoms with Gasteiger partial charge in [-0.1, -0.05) is 17.7 Å². The highest BCUT2D eigenvalue weighted by Crippen LogP contribution is 2.27. The van der Waals surface area contributed by atoms with Gasteiger partial charge in [-0.15, -0.1) is 0 Å². The lowest BCUT2D eigenvalue weighted by Gasteiger charge is -2.34. The third kappa shape index (κ3) is 2.67. The zero-order chi connectivity index (χ0) is 14.1. The van der Waals surface area contributed by atoms with Crippen molar-refractivity contribution in [2.75, 3.05) is 26.2 Å². The van der Waals surface area contributed by atoms with Crippen LogP contribution in [0.15, 0.2) is 18.2 Å². The number of amides is 1. The standard InChI is InChI=1S/C15H18ClFN2O/c16-13-2-1-3-14(17)12(13)6-15(20)19-5-4-10-7-18-8-11(10)9-19/h1-3,10-11,18H,4-9H2. The van der Waals surface area contributed by atoms with Gasteiger partial charge in [0.1, 0.15) is 5.82 Å². The van der Waals surface area contributed by atoms with E-state index in [1.54, 1.807) is 12.1 Å². The van der Waals surface area contributed by atoms with Gasteiger partial charge in [-0.3, -0.25) is 4.79 Å². The van der Waals surface area contributed by atoms with Crippen LogP contribution in [-0.4, -0.2) is 37.0 Å². The Morgan fingerprint density at radius 2 is 2.20 bits per heavy atom. The fraction of sp³-hybridized carbons (Fsp3) is 0.533. The van der Waals surface area contributed by atoms with E-state index in [4.69, 9.17) is 11.6 Å². The molecule has 5 heteroatoms. The van der Waals surface area contributed by atoms with Gasteiger partial charge >= 0.3 is 0 Å². The third-order valence-electron chi connectivity index (χ3n) is 4.45. The Bertz CT molecular complexity index is 502. The number of likely N-dealkylation sites (tertiary alicyclic amines) is 1. The number of nitrogens with one attached hydrogen (secondary N) is 1. The molecular weight excluding hydrogens is 279 g/mol. The van der Waals surface area contributed by atoms with Gasteiger partial charge in [-0.25, -0.2) is 4.39 Å². The van der Waals surface area contributed by atoms with E-state index in [9.17, 15) is 9.18 Å². The maximum atomic E-state index is 13.7. The van der Waals surface area contributed by atoms with E-state index < -0.39 is 5.82 Å². The van der Waals surface area contributed by atoms with Crippen molar-refractivity contribution >= 4 is 17.5 Å². The molecule has 0 bridgehead atoms. The molecule has 0 saturated carbocycles. The van der Waals surface area contributed by atoms with E-state index in [0.29, 0.717) is 22.4 Å². The number of carbonyl (C=O) groups is 1. The van der Waals surface area contributed by atoms with Gasteiger partial charge in [0.05, 0.1) is 6.42 Å². The first kappa shape index (κ1) is 13.8. The van der Waals surface area contributed by atoms with Crippen molar-refractivity contribution in [1.82, 2.24) is 10.2 Å². The van der Waals surface area contributed by atoms with Crippen LogP contribution < -0.4 is 5.32 Å². The second-order valence-corrected chi connectivity index (χ2v) is 6.09. The SMILES string of the molecule is O=C(Cc1c(F)cccc1Cl)N1CCC2CNCC2C1. The summed E-state index contributed by atoms with van der Waals surface area (Å²) in [4.78, 5) is 14.2. The maximum absolute atomic E-state index is 13.7. The first-order valence-electron chi connectivity index (χ1n) is 7.06. The van der Waals surface area contributed by atoms with Crippen LogP contribution in [0.1, 0.15) is 12.0 Å². The van der Waals surface area contributed by atoms with E-state index in [1.807, 2.05) is 4.90 Å². The molecule has 2 aliphatic heterocycles. The van der Waals surface area contributed by atoms with Gasteiger partial charge in [0, 0.05) is 23.7 Å². The largest absolute Gasteiger partial charge is 0.342 e. The van der Waals surface area contributed by atoms with Crippen LogP contribution >= 0.6 is 11.6 Å². The van der Waals surface area contributed by atoms with Crippen LogP contribution in [0, 0.1) is 17.7 Å². The first-order chi connectivity index (χ1) is 9.65. The monoisotopic (exact) mass is 296 g/mol. The molecule has 2 atom stereocenters. The van der Waals surface area contributed by atoms with Gasteiger partial charge in [-0.05, 0) is 43.5 Å². The summed E-state index contributed by atoms with van der Waals surface area (Å²) in [6.07, 6.45) is 1.09. The Kier molecular flexibility index (Phi) is 3.94. The summed E-state index contributed by atoms with van der Waals surface area (Å²) in [5.74, 6) is 0.811. The Labute approximate surface area is 123 Å². The summed E-state index contributed by atoms with van der Waals surface area (Å²) in [5.41, 5.74) is 0.311. The summed E-state index contributed by atoms with van der Waals surface area (Å²) in [6, 6.07) is 4.53. The van der Waals surface area contributed by atoms with Crippen molar-refractivity contribution in [3.05, 3.63) is 34.6 Å². The lowest BCUT2D eigenvalue weighted by atomic mass is 9.88. The second-order valence-electron chi connectivity index (χ2n) is 5.68. The van der Waals surface area contributed by atoms with Crippen molar-refractivity contribution in [1.29, 1.82) is 0 Å². The molecule has 108 valence electrons. The highest BCUT2D eigenvalue weighted by atomic mass is 35.5. The van der Waals surface area contributed by atoms with Gasteiger partial charge in [-0.2, -0.15) is 0 Å². The molecule has 2 aliphatic rings. The summed E-state index contributed by atoms with van der Waals surface area (Å²) >= 11 is 5.98. The zero-order valence-corrected chi connectivity index (χ0v) is 12.0. The number of piperidine rings is 1. The minimum Gasteiger partial charge on any atom is -0.342 e. The average molecular weight is 297 g/mol. The second kappa shape index (κ2) is 5.70. The smallest absolute Gasteiger partial charge is 0.227 e. The molecule has 2 saturated heterocycles. The minimum atomic E-state index is -0.400. The number of benzene rings is 1. The van der Waals surface area contributed by atoms with E-state index in [1.165, 1.54) is 6.07 Å². The molecule has 1 aromatic rings. The fourth-order valence-electron chi connectivity index (χ4n) is 3.23. The molecular formula is C15H18ClFN2O. The van der Waals surface area contributed by atoms with Crippen LogP contribution in [0.4, 0.5) is 4.39 Å². The average Bonchev–Trinajstić information content (AvgIpc) is 2.90. The lowest BCUT2D eigenvalue weighted by molar-refractivity contribution is -0.132. The predicted molar refractivity (Wildman–Crippen MR) is 76.2 cm³/mol. The molecule has 1 aromatic carbocycles. The molecule has 1 N–H and O–H groups in total. The number of hydrogen-bond acceptors (Lipinski definition) is 2. The van der Waals surface area contributed by atoms with E-state index >= 15 is 0 Å². The highest BCUT2D eigenvalue weighted by Gasteiger charge is 2.34. The van der Waals surface area contributed by atoms with Gasteiger partial charge < -0.3 is 10.2 Å². The molecule has 0 aromatic heterocycles. The normalized spacial score (nSPS) is 25.6. The molecule has 2 unspecified atom stereocenters. The van der Waals surface area contributed by atoms with Crippen LogP contribution in [-0.2, 0) is 11.2 Å². The quantitative estimate of drug-likeness (QED) is 0.906. The molecule has 3 nitrogen and oxygen atoms in total. The Hall–Kier alpha value is -1.13. The molecule has 0 radical (unpaired) electrons. The Morgan fingerprint density at radius 1 is 1.40 bits per heavy atom. The molecule has 3 rings (SSSR count). The van der Waals surface area contributed by atoms with Crippen molar-refractivity contribution < 1.29 is 9.18 Å². The minimum absolute atomic E-state index is 0.0256. The van der Waals surface area contributed by atoms with Crippen LogP contribution in [0.25, 0.3) is 0 Å². The number of halogens is 2. The molecule has 1 amide bonds. The summed E-state index contributed by atoms with van der Waals surface area (Å²) < 4.78 is 13.7. The lowest BCUT2D eigenvalue weighted by Crippen LogP contribution is -2.44. The molecule has 20 heavy (non-hydrogen) atoms. The van der Waals surface area contributed by atoms with Crippen molar-refractivity contribution in [3.63, 3.8) is 0 Å². The summed E-state index contributed by atoms with van der Waals surface area (Å²) in [7, 11) is 0. The van der Waals surface area contributed by atoms with E-state index in [0.717, 1.165) is 32.6 Å². The van der Waals surface area contributed by atoms with Gasteiger partial charge in [0.25, 0.3) is 0 Å². The Balaban J connectivity index is 1.67. The Morgan fingerprint density at radius 3 is 3.00 bits per heavy atom. The van der Waals surface area contributed by atoms with Crippen LogP contribution in [0.2, 0.25) is 5.02 Å². The van der Waals surface area contributed by atoms with Gasteiger partial charge in [0.2, 0.25) is 5.91 Å². The number of carbonyl (C=O) groups excluding carboxylic acids is 1. The summed E-state index contributed by atoms with van der Waals surface area (Å²) in [5, 5.41) is 3.70. The number of hydrogen-bond donors (Lipinski definition) is 1. The first-order valence-corrected chi connectivity index (χ1v) is 7.44. The van der Waals surface area contributed by atoms with E-state index in [-0.39, 0.29) is 12.3 Å². The molecule has 2 fully saturated rings. The topological polar surface area (TPSA) is 32.3 Å². The molecule has 0 spiro atoms.